The minimum absolute atomic E-state index is 0.0851. The van der Waals surface area contributed by atoms with Gasteiger partial charge in [0, 0.05) is 0 Å². The number of amides is 1. The number of aromatic hydroxyl groups is 1. The Bertz CT molecular complexity index is 931. The van der Waals surface area contributed by atoms with Crippen LogP contribution in [-0.4, -0.2) is 20.7 Å². The van der Waals surface area contributed by atoms with Gasteiger partial charge < -0.3 is 5.11 Å². The fraction of sp³-hybridized carbons (Fsp3) is 0.0625. The average molecular weight is 295 g/mol. The molecule has 3 aromatic rings. The molecule has 0 spiro atoms. The first-order chi connectivity index (χ1) is 10.6. The van der Waals surface area contributed by atoms with Crippen molar-refractivity contribution in [2.75, 3.05) is 5.43 Å². The Kier molecular flexibility index (Phi) is 3.34. The van der Waals surface area contributed by atoms with E-state index < -0.39 is 5.91 Å². The number of carbonyl (C=O) groups is 1. The van der Waals surface area contributed by atoms with Crippen molar-refractivity contribution in [1.82, 2.24) is 9.66 Å². The van der Waals surface area contributed by atoms with Crippen LogP contribution in [0.5, 0.6) is 5.75 Å². The van der Waals surface area contributed by atoms with Crippen LogP contribution in [0.1, 0.15) is 16.2 Å². The maximum Gasteiger partial charge on any atom is 0.280 e. The van der Waals surface area contributed by atoms with Crippen LogP contribution >= 0.6 is 0 Å². The van der Waals surface area contributed by atoms with E-state index in [-0.39, 0.29) is 16.9 Å². The third-order valence-electron chi connectivity index (χ3n) is 3.31. The number of hydrogen-bond donors (Lipinski definition) is 2. The number of nitrogens with one attached hydrogen (secondary N) is 1. The highest BCUT2D eigenvalue weighted by atomic mass is 16.3. The zero-order chi connectivity index (χ0) is 15.7. The summed E-state index contributed by atoms with van der Waals surface area (Å²) in [6.45, 7) is 1.62. The van der Waals surface area contributed by atoms with Crippen LogP contribution in [0.25, 0.3) is 10.9 Å². The highest BCUT2D eigenvalue weighted by Gasteiger charge is 2.14. The fourth-order valence-corrected chi connectivity index (χ4v) is 2.20. The summed E-state index contributed by atoms with van der Waals surface area (Å²) in [5.74, 6) is -0.382. The number of benzene rings is 2. The van der Waals surface area contributed by atoms with E-state index in [1.54, 1.807) is 43.3 Å². The number of phenolic OH excluding ortho intramolecular Hbond substituents is 1. The molecule has 2 N–H and O–H groups in total. The van der Waals surface area contributed by atoms with Gasteiger partial charge in [-0.15, -0.1) is 0 Å². The summed E-state index contributed by atoms with van der Waals surface area (Å²) in [4.78, 5) is 29.0. The maximum atomic E-state index is 12.4. The van der Waals surface area contributed by atoms with Crippen molar-refractivity contribution in [2.24, 2.45) is 0 Å². The Morgan fingerprint density at radius 1 is 1.14 bits per heavy atom. The summed E-state index contributed by atoms with van der Waals surface area (Å²) in [5, 5.41) is 10.1. The molecule has 0 atom stereocenters. The number of carbonyl (C=O) groups excluding carboxylic acids is 1. The van der Waals surface area contributed by atoms with Crippen molar-refractivity contribution in [3.63, 3.8) is 0 Å². The van der Waals surface area contributed by atoms with Crippen molar-refractivity contribution >= 4 is 16.8 Å². The molecule has 0 fully saturated rings. The molecule has 0 unspecified atom stereocenters. The number of aromatic nitrogens is 2. The quantitative estimate of drug-likeness (QED) is 0.755. The summed E-state index contributed by atoms with van der Waals surface area (Å²) in [5.41, 5.74) is 2.75. The number of rotatable bonds is 2. The minimum Gasteiger partial charge on any atom is -0.507 e. The molecule has 1 aromatic heterocycles. The molecule has 1 heterocycles. The van der Waals surface area contributed by atoms with Gasteiger partial charge in [-0.05, 0) is 31.2 Å². The topological polar surface area (TPSA) is 84.2 Å². The third kappa shape index (κ3) is 2.31. The van der Waals surface area contributed by atoms with Gasteiger partial charge in [0.2, 0.25) is 0 Å². The van der Waals surface area contributed by atoms with E-state index in [9.17, 15) is 14.7 Å². The molecule has 110 valence electrons. The molecular formula is C16H13N3O3. The lowest BCUT2D eigenvalue weighted by atomic mass is 10.2. The van der Waals surface area contributed by atoms with Crippen LogP contribution in [0.4, 0.5) is 0 Å². The second-order valence-electron chi connectivity index (χ2n) is 4.77. The standard InChI is InChI=1S/C16H13N3O3/c1-10-17-13-8-4-2-6-11(13)16(22)19(10)18-15(21)12-7-3-5-9-14(12)20/h2-9,20H,1H3,(H,18,21). The second-order valence-corrected chi connectivity index (χ2v) is 4.77. The molecule has 0 saturated heterocycles. The molecule has 3 rings (SSSR count). The lowest BCUT2D eigenvalue weighted by Gasteiger charge is -2.12. The Morgan fingerprint density at radius 2 is 1.82 bits per heavy atom. The molecule has 1 amide bonds. The first kappa shape index (κ1) is 13.8. The third-order valence-corrected chi connectivity index (χ3v) is 3.31. The predicted octanol–water partition coefficient (Wildman–Crippen LogP) is 1.79. The molecule has 0 aliphatic heterocycles. The predicted molar refractivity (Wildman–Crippen MR) is 82.5 cm³/mol. The van der Waals surface area contributed by atoms with Crippen molar-refractivity contribution in [3.8, 4) is 5.75 Å². The van der Waals surface area contributed by atoms with Gasteiger partial charge in [-0.2, -0.15) is 0 Å². The highest BCUT2D eigenvalue weighted by Crippen LogP contribution is 2.15. The molecule has 0 bridgehead atoms. The maximum absolute atomic E-state index is 12.4. The lowest BCUT2D eigenvalue weighted by Crippen LogP contribution is -2.35. The second kappa shape index (κ2) is 5.33. The van der Waals surface area contributed by atoms with E-state index in [1.807, 2.05) is 0 Å². The molecular weight excluding hydrogens is 282 g/mol. The van der Waals surface area contributed by atoms with Gasteiger partial charge in [0.15, 0.2) is 0 Å². The van der Waals surface area contributed by atoms with E-state index in [4.69, 9.17) is 0 Å². The molecule has 0 aliphatic carbocycles. The van der Waals surface area contributed by atoms with Crippen molar-refractivity contribution in [1.29, 1.82) is 0 Å². The molecule has 0 aliphatic rings. The van der Waals surface area contributed by atoms with E-state index in [2.05, 4.69) is 10.4 Å². The zero-order valence-electron chi connectivity index (χ0n) is 11.8. The molecule has 22 heavy (non-hydrogen) atoms. The summed E-state index contributed by atoms with van der Waals surface area (Å²) >= 11 is 0. The summed E-state index contributed by atoms with van der Waals surface area (Å²) in [6.07, 6.45) is 0. The minimum atomic E-state index is -0.583. The molecule has 0 saturated carbocycles. The van der Waals surface area contributed by atoms with Crippen LogP contribution in [0, 0.1) is 6.92 Å². The van der Waals surface area contributed by atoms with Crippen LogP contribution < -0.4 is 11.0 Å². The lowest BCUT2D eigenvalue weighted by molar-refractivity contribution is 0.100. The molecule has 2 aromatic carbocycles. The summed E-state index contributed by atoms with van der Waals surface area (Å²) in [7, 11) is 0. The SMILES string of the molecule is Cc1nc2ccccc2c(=O)n1NC(=O)c1ccccc1O. The number of para-hydroxylation sites is 2. The summed E-state index contributed by atoms with van der Waals surface area (Å²) < 4.78 is 1.08. The normalized spacial score (nSPS) is 10.6. The van der Waals surface area contributed by atoms with E-state index in [0.29, 0.717) is 16.7 Å². The van der Waals surface area contributed by atoms with Gasteiger partial charge in [-0.25, -0.2) is 9.66 Å². The summed E-state index contributed by atoms with van der Waals surface area (Å²) in [6, 6.07) is 13.0. The number of nitrogens with zero attached hydrogens (tertiary/aromatic N) is 2. The van der Waals surface area contributed by atoms with Gasteiger partial charge in [0.05, 0.1) is 16.5 Å². The van der Waals surface area contributed by atoms with Crippen LogP contribution in [0.15, 0.2) is 53.3 Å². The molecule has 6 nitrogen and oxygen atoms in total. The van der Waals surface area contributed by atoms with Crippen LogP contribution in [0.3, 0.4) is 0 Å². The van der Waals surface area contributed by atoms with Crippen molar-refractivity contribution < 1.29 is 9.90 Å². The first-order valence-electron chi connectivity index (χ1n) is 6.65. The van der Waals surface area contributed by atoms with E-state index in [0.717, 1.165) is 4.68 Å². The number of aryl methyl sites for hydroxylation is 1. The van der Waals surface area contributed by atoms with Crippen molar-refractivity contribution in [2.45, 2.75) is 6.92 Å². The monoisotopic (exact) mass is 295 g/mol. The van der Waals surface area contributed by atoms with Crippen LogP contribution in [0.2, 0.25) is 0 Å². The molecule has 0 radical (unpaired) electrons. The van der Waals surface area contributed by atoms with Gasteiger partial charge in [-0.1, -0.05) is 24.3 Å². The van der Waals surface area contributed by atoms with E-state index >= 15 is 0 Å². The average Bonchev–Trinajstić information content (AvgIpc) is 2.51. The Morgan fingerprint density at radius 3 is 2.59 bits per heavy atom. The van der Waals surface area contributed by atoms with E-state index in [1.165, 1.54) is 12.1 Å². The number of phenols is 1. The Balaban J connectivity index is 2.06. The Labute approximate surface area is 125 Å². The number of hydrogen-bond acceptors (Lipinski definition) is 4. The fourth-order valence-electron chi connectivity index (χ4n) is 2.20. The smallest absolute Gasteiger partial charge is 0.280 e. The van der Waals surface area contributed by atoms with Gasteiger partial charge in [-0.3, -0.25) is 15.0 Å². The van der Waals surface area contributed by atoms with Gasteiger partial charge in [0.25, 0.3) is 11.5 Å². The van der Waals surface area contributed by atoms with Gasteiger partial charge in [0.1, 0.15) is 11.6 Å². The number of fused-ring (bicyclic) bond motifs is 1. The Hall–Kier alpha value is -3.15. The van der Waals surface area contributed by atoms with Crippen LogP contribution in [-0.2, 0) is 0 Å². The zero-order valence-corrected chi connectivity index (χ0v) is 11.8. The molecule has 6 heteroatoms. The largest absolute Gasteiger partial charge is 0.507 e. The van der Waals surface area contributed by atoms with Crippen molar-refractivity contribution in [3.05, 3.63) is 70.3 Å². The first-order valence-corrected chi connectivity index (χ1v) is 6.65. The van der Waals surface area contributed by atoms with Gasteiger partial charge >= 0.3 is 0 Å². The highest BCUT2D eigenvalue weighted by molar-refractivity contribution is 6.02.